The van der Waals surface area contributed by atoms with Crippen molar-refractivity contribution in [2.24, 2.45) is 0 Å². The molecule has 84 valence electrons. The van der Waals surface area contributed by atoms with Crippen LogP contribution in [-0.4, -0.2) is 29.5 Å². The molecule has 0 bridgehead atoms. The lowest BCUT2D eigenvalue weighted by Crippen LogP contribution is -2.37. The van der Waals surface area contributed by atoms with Crippen molar-refractivity contribution in [3.05, 3.63) is 33.4 Å². The fourth-order valence-electron chi connectivity index (χ4n) is 1.36. The van der Waals surface area contributed by atoms with E-state index in [1.54, 1.807) is 0 Å². The van der Waals surface area contributed by atoms with E-state index in [0.717, 1.165) is 5.56 Å². The average molecular weight is 321 g/mol. The first-order valence-electron chi connectivity index (χ1n) is 4.90. The number of hydrogen-bond donors (Lipinski definition) is 3. The van der Waals surface area contributed by atoms with Crippen LogP contribution in [0, 0.1) is 3.57 Å². The molecule has 0 spiro atoms. The topological polar surface area (TPSA) is 52.5 Å². The van der Waals surface area contributed by atoms with Gasteiger partial charge in [-0.25, -0.2) is 0 Å². The van der Waals surface area contributed by atoms with E-state index >= 15 is 0 Å². The van der Waals surface area contributed by atoms with Gasteiger partial charge in [-0.05, 0) is 47.2 Å². The summed E-state index contributed by atoms with van der Waals surface area (Å²) >= 11 is 2.26. The lowest BCUT2D eigenvalue weighted by Gasteiger charge is -2.20. The van der Waals surface area contributed by atoms with Gasteiger partial charge in [-0.15, -0.1) is 0 Å². The van der Waals surface area contributed by atoms with E-state index in [2.05, 4.69) is 27.9 Å². The first-order valence-corrected chi connectivity index (χ1v) is 5.98. The van der Waals surface area contributed by atoms with Crippen molar-refractivity contribution in [2.45, 2.75) is 19.0 Å². The van der Waals surface area contributed by atoms with E-state index in [4.69, 9.17) is 10.2 Å². The van der Waals surface area contributed by atoms with Crippen molar-refractivity contribution in [3.63, 3.8) is 0 Å². The zero-order chi connectivity index (χ0) is 11.3. The highest BCUT2D eigenvalue weighted by molar-refractivity contribution is 14.1. The Morgan fingerprint density at radius 2 is 1.73 bits per heavy atom. The summed E-state index contributed by atoms with van der Waals surface area (Å²) in [5, 5.41) is 21.0. The molecule has 15 heavy (non-hydrogen) atoms. The highest BCUT2D eigenvalue weighted by atomic mass is 127. The fourth-order valence-corrected chi connectivity index (χ4v) is 1.72. The Balaban J connectivity index is 2.60. The molecule has 0 aliphatic rings. The Kier molecular flexibility index (Phi) is 5.52. The van der Waals surface area contributed by atoms with E-state index in [9.17, 15) is 0 Å². The number of aliphatic hydroxyl groups is 2. The molecule has 1 unspecified atom stereocenters. The van der Waals surface area contributed by atoms with E-state index in [-0.39, 0.29) is 25.3 Å². The molecule has 1 atom stereocenters. The molecule has 0 amide bonds. The third kappa shape index (κ3) is 4.06. The number of rotatable bonds is 5. The third-order valence-corrected chi connectivity index (χ3v) is 3.02. The van der Waals surface area contributed by atoms with Gasteiger partial charge in [-0.2, -0.15) is 0 Å². The van der Waals surface area contributed by atoms with Crippen LogP contribution in [-0.2, 0) is 0 Å². The monoisotopic (exact) mass is 321 g/mol. The van der Waals surface area contributed by atoms with E-state index < -0.39 is 0 Å². The van der Waals surface area contributed by atoms with E-state index in [1.165, 1.54) is 3.57 Å². The second kappa shape index (κ2) is 6.42. The number of nitrogens with one attached hydrogen (secondary N) is 1. The van der Waals surface area contributed by atoms with Gasteiger partial charge in [0.15, 0.2) is 0 Å². The number of hydrogen-bond acceptors (Lipinski definition) is 3. The second-order valence-corrected chi connectivity index (χ2v) is 4.75. The van der Waals surface area contributed by atoms with E-state index in [0.29, 0.717) is 0 Å². The molecule has 3 nitrogen and oxygen atoms in total. The molecular formula is C11H16INO2. The van der Waals surface area contributed by atoms with Gasteiger partial charge in [0.2, 0.25) is 0 Å². The molecule has 0 saturated carbocycles. The summed E-state index contributed by atoms with van der Waals surface area (Å²) < 4.78 is 1.20. The molecule has 3 N–H and O–H groups in total. The van der Waals surface area contributed by atoms with Crippen molar-refractivity contribution in [1.82, 2.24) is 5.32 Å². The summed E-state index contributed by atoms with van der Waals surface area (Å²) in [6, 6.07) is 8.06. The van der Waals surface area contributed by atoms with Crippen LogP contribution in [0.3, 0.4) is 0 Å². The van der Waals surface area contributed by atoms with Crippen molar-refractivity contribution >= 4 is 22.6 Å². The highest BCUT2D eigenvalue weighted by Crippen LogP contribution is 2.14. The molecule has 0 aliphatic heterocycles. The van der Waals surface area contributed by atoms with Crippen molar-refractivity contribution in [3.8, 4) is 0 Å². The lowest BCUT2D eigenvalue weighted by molar-refractivity contribution is 0.163. The van der Waals surface area contributed by atoms with Crippen LogP contribution in [0.1, 0.15) is 18.5 Å². The summed E-state index contributed by atoms with van der Waals surface area (Å²) in [6.45, 7) is 1.91. The summed E-state index contributed by atoms with van der Waals surface area (Å²) in [4.78, 5) is 0. The fraction of sp³-hybridized carbons (Fsp3) is 0.455. The van der Waals surface area contributed by atoms with Crippen LogP contribution in [0.15, 0.2) is 24.3 Å². The minimum atomic E-state index is -0.251. The summed E-state index contributed by atoms with van der Waals surface area (Å²) in [7, 11) is 0. The van der Waals surface area contributed by atoms with Gasteiger partial charge in [0.05, 0.1) is 19.3 Å². The summed E-state index contributed by atoms with van der Waals surface area (Å²) in [5.41, 5.74) is 1.15. The molecule has 1 aromatic carbocycles. The van der Waals surface area contributed by atoms with Gasteiger partial charge in [0.25, 0.3) is 0 Å². The van der Waals surface area contributed by atoms with Gasteiger partial charge in [0, 0.05) is 9.61 Å². The standard InChI is InChI=1S/C11H16INO2/c1-8(13-11(6-14)7-15)9-2-4-10(12)5-3-9/h2-5,8,11,13-15H,6-7H2,1H3. The smallest absolute Gasteiger partial charge is 0.0607 e. The second-order valence-electron chi connectivity index (χ2n) is 3.50. The zero-order valence-electron chi connectivity index (χ0n) is 8.65. The maximum Gasteiger partial charge on any atom is 0.0607 e. The Morgan fingerprint density at radius 3 is 2.20 bits per heavy atom. The van der Waals surface area contributed by atoms with Crippen LogP contribution in [0.2, 0.25) is 0 Å². The molecule has 0 heterocycles. The molecule has 0 radical (unpaired) electrons. The summed E-state index contributed by atoms with van der Waals surface area (Å²) in [5.74, 6) is 0. The Bertz CT molecular complexity index is 285. The lowest BCUT2D eigenvalue weighted by atomic mass is 10.1. The van der Waals surface area contributed by atoms with Gasteiger partial charge >= 0.3 is 0 Å². The largest absolute Gasteiger partial charge is 0.395 e. The normalized spacial score (nSPS) is 13.1. The summed E-state index contributed by atoms with van der Waals surface area (Å²) in [6.07, 6.45) is 0. The number of halogens is 1. The molecule has 0 aliphatic carbocycles. The quantitative estimate of drug-likeness (QED) is 0.717. The number of aliphatic hydroxyl groups excluding tert-OH is 2. The van der Waals surface area contributed by atoms with Crippen LogP contribution in [0.4, 0.5) is 0 Å². The number of benzene rings is 1. The van der Waals surface area contributed by atoms with E-state index in [1.807, 2.05) is 31.2 Å². The molecule has 1 rings (SSSR count). The predicted molar refractivity (Wildman–Crippen MR) is 68.7 cm³/mol. The molecule has 1 aromatic rings. The van der Waals surface area contributed by atoms with Gasteiger partial charge in [-0.1, -0.05) is 12.1 Å². The van der Waals surface area contributed by atoms with Crippen molar-refractivity contribution in [2.75, 3.05) is 13.2 Å². The molecule has 0 aromatic heterocycles. The molecular weight excluding hydrogens is 305 g/mol. The highest BCUT2D eigenvalue weighted by Gasteiger charge is 2.11. The Labute approximate surface area is 104 Å². The molecule has 4 heteroatoms. The van der Waals surface area contributed by atoms with Crippen LogP contribution in [0.5, 0.6) is 0 Å². The maximum absolute atomic E-state index is 8.94. The zero-order valence-corrected chi connectivity index (χ0v) is 10.8. The molecule has 0 saturated heterocycles. The predicted octanol–water partition coefficient (Wildman–Crippen LogP) is 1.29. The first-order chi connectivity index (χ1) is 7.17. The first kappa shape index (κ1) is 12.9. The van der Waals surface area contributed by atoms with Crippen LogP contribution >= 0.6 is 22.6 Å². The average Bonchev–Trinajstić information content (AvgIpc) is 2.26. The Hall–Kier alpha value is -0.170. The third-order valence-electron chi connectivity index (χ3n) is 2.30. The molecule has 0 fully saturated rings. The van der Waals surface area contributed by atoms with Gasteiger partial charge in [0.1, 0.15) is 0 Å². The SMILES string of the molecule is CC(NC(CO)CO)c1ccc(I)cc1. The van der Waals surface area contributed by atoms with Crippen LogP contribution in [0.25, 0.3) is 0 Å². The van der Waals surface area contributed by atoms with Crippen LogP contribution < -0.4 is 5.32 Å². The van der Waals surface area contributed by atoms with Gasteiger partial charge in [-0.3, -0.25) is 0 Å². The minimum absolute atomic E-state index is 0.0504. The maximum atomic E-state index is 8.94. The van der Waals surface area contributed by atoms with Crippen molar-refractivity contribution in [1.29, 1.82) is 0 Å². The minimum Gasteiger partial charge on any atom is -0.395 e. The van der Waals surface area contributed by atoms with Crippen molar-refractivity contribution < 1.29 is 10.2 Å². The van der Waals surface area contributed by atoms with Gasteiger partial charge < -0.3 is 15.5 Å². The Morgan fingerprint density at radius 1 is 1.20 bits per heavy atom.